The Morgan fingerprint density at radius 1 is 0.371 bits per heavy atom. The molecule has 1 heterocycles. The first kappa shape index (κ1) is 36.9. The molecule has 0 N–H and O–H groups in total. The first-order chi connectivity index (χ1) is 30.6. The van der Waals surface area contributed by atoms with Gasteiger partial charge >= 0.3 is 0 Å². The van der Waals surface area contributed by atoms with Gasteiger partial charge in [-0.05, 0) is 135 Å². The molecule has 0 aliphatic rings. The molecule has 0 fully saturated rings. The molecule has 62 heavy (non-hydrogen) atoms. The molecule has 3 nitrogen and oxygen atoms in total. The zero-order valence-electron chi connectivity index (χ0n) is 34.2. The van der Waals surface area contributed by atoms with Gasteiger partial charge in [-0.1, -0.05) is 158 Å². The van der Waals surface area contributed by atoms with Gasteiger partial charge < -0.3 is 14.1 Å². The summed E-state index contributed by atoms with van der Waals surface area (Å²) in [5.74, 6) is 1.71. The minimum atomic E-state index is 0.834. The average molecular weight is 796 g/mol. The van der Waals surface area contributed by atoms with Gasteiger partial charge in [0, 0.05) is 33.4 Å². The maximum absolute atomic E-state index is 6.48. The molecule has 0 saturated heterocycles. The van der Waals surface area contributed by atoms with Crippen molar-refractivity contribution in [3.05, 3.63) is 236 Å². The Hall–Kier alpha value is -8.14. The highest BCUT2D eigenvalue weighted by molar-refractivity contribution is 6.09. The lowest BCUT2D eigenvalue weighted by molar-refractivity contribution is 0.479. The quantitative estimate of drug-likeness (QED) is 0.146. The molecule has 0 aliphatic carbocycles. The molecular formula is C59H41NO2. The van der Waals surface area contributed by atoms with Gasteiger partial charge in [0.1, 0.15) is 22.7 Å². The van der Waals surface area contributed by atoms with Crippen LogP contribution in [0.3, 0.4) is 0 Å². The van der Waals surface area contributed by atoms with E-state index in [0.717, 1.165) is 83.7 Å². The number of nitrogens with zero attached hydrogens (tertiary/aromatic N) is 1. The standard InChI is InChI=1S/C59H41NO2/c1-40-12-5-7-22-57(40)61-53-35-30-47-37-46(24-25-48(47)39-53)45-16-9-15-44(36-45)43-28-33-51(34-29-43)60(50-31-26-42(27-32-50)41-13-3-2-4-14-41)52-18-10-17-49(38-52)54-20-11-21-56-55-19-6-8-23-58(55)62-59(54)56/h2-39H,1H3. The van der Waals surface area contributed by atoms with Crippen LogP contribution in [0, 0.1) is 6.92 Å². The monoisotopic (exact) mass is 795 g/mol. The smallest absolute Gasteiger partial charge is 0.143 e. The van der Waals surface area contributed by atoms with Crippen molar-refractivity contribution in [3.8, 4) is 56.0 Å². The molecule has 0 amide bonds. The first-order valence-electron chi connectivity index (χ1n) is 21.1. The highest BCUT2D eigenvalue weighted by Crippen LogP contribution is 2.41. The minimum Gasteiger partial charge on any atom is -0.457 e. The number of furan rings is 1. The number of rotatable bonds is 9. The molecule has 294 valence electrons. The van der Waals surface area contributed by atoms with Crippen LogP contribution in [-0.2, 0) is 0 Å². The molecule has 0 spiro atoms. The molecule has 0 aliphatic heterocycles. The van der Waals surface area contributed by atoms with E-state index < -0.39 is 0 Å². The third-order valence-corrected chi connectivity index (χ3v) is 11.8. The van der Waals surface area contributed by atoms with Crippen LogP contribution in [0.5, 0.6) is 11.5 Å². The summed E-state index contributed by atoms with van der Waals surface area (Å²) in [5, 5.41) is 4.56. The van der Waals surface area contributed by atoms with Gasteiger partial charge in [0.2, 0.25) is 0 Å². The fraction of sp³-hybridized carbons (Fsp3) is 0.0169. The van der Waals surface area contributed by atoms with E-state index in [4.69, 9.17) is 9.15 Å². The van der Waals surface area contributed by atoms with Crippen molar-refractivity contribution in [2.24, 2.45) is 0 Å². The fourth-order valence-corrected chi connectivity index (χ4v) is 8.61. The predicted molar refractivity (Wildman–Crippen MR) is 259 cm³/mol. The number of ether oxygens (including phenoxy) is 1. The van der Waals surface area contributed by atoms with E-state index in [0.29, 0.717) is 0 Å². The molecule has 11 rings (SSSR count). The van der Waals surface area contributed by atoms with Crippen LogP contribution >= 0.6 is 0 Å². The predicted octanol–water partition coefficient (Wildman–Crippen LogP) is 17.0. The molecule has 0 unspecified atom stereocenters. The Bertz CT molecular complexity index is 3380. The first-order valence-corrected chi connectivity index (χ1v) is 21.1. The van der Waals surface area contributed by atoms with Gasteiger partial charge in [0.05, 0.1) is 0 Å². The minimum absolute atomic E-state index is 0.834. The Morgan fingerprint density at radius 3 is 1.74 bits per heavy atom. The van der Waals surface area contributed by atoms with Crippen LogP contribution in [0.1, 0.15) is 5.56 Å². The summed E-state index contributed by atoms with van der Waals surface area (Å²) in [5.41, 5.74) is 15.3. The molecule has 0 radical (unpaired) electrons. The number of fused-ring (bicyclic) bond motifs is 4. The topological polar surface area (TPSA) is 25.6 Å². The van der Waals surface area contributed by atoms with E-state index in [1.54, 1.807) is 0 Å². The average Bonchev–Trinajstić information content (AvgIpc) is 3.72. The van der Waals surface area contributed by atoms with E-state index in [1.807, 2.05) is 30.3 Å². The van der Waals surface area contributed by atoms with Crippen molar-refractivity contribution in [1.82, 2.24) is 0 Å². The summed E-state index contributed by atoms with van der Waals surface area (Å²) in [6, 6.07) is 81.6. The zero-order chi connectivity index (χ0) is 41.4. The van der Waals surface area contributed by atoms with Crippen molar-refractivity contribution in [2.45, 2.75) is 6.92 Å². The van der Waals surface area contributed by atoms with Gasteiger partial charge in [0.25, 0.3) is 0 Å². The summed E-state index contributed by atoms with van der Waals surface area (Å²) in [6.07, 6.45) is 0. The van der Waals surface area contributed by atoms with Crippen LogP contribution in [-0.4, -0.2) is 0 Å². The Morgan fingerprint density at radius 2 is 0.935 bits per heavy atom. The lowest BCUT2D eigenvalue weighted by atomic mass is 9.97. The van der Waals surface area contributed by atoms with E-state index >= 15 is 0 Å². The van der Waals surface area contributed by atoms with Gasteiger partial charge in [-0.3, -0.25) is 0 Å². The summed E-state index contributed by atoms with van der Waals surface area (Å²) in [4.78, 5) is 2.34. The number of para-hydroxylation sites is 3. The second-order valence-electron chi connectivity index (χ2n) is 15.8. The number of benzene rings is 10. The van der Waals surface area contributed by atoms with Gasteiger partial charge in [0.15, 0.2) is 0 Å². The Labute approximate surface area is 361 Å². The second-order valence-corrected chi connectivity index (χ2v) is 15.8. The lowest BCUT2D eigenvalue weighted by Gasteiger charge is -2.26. The van der Waals surface area contributed by atoms with Crippen LogP contribution < -0.4 is 9.64 Å². The highest BCUT2D eigenvalue weighted by Gasteiger charge is 2.17. The number of aryl methyl sites for hydroxylation is 1. The van der Waals surface area contributed by atoms with Crippen LogP contribution in [0.2, 0.25) is 0 Å². The fourth-order valence-electron chi connectivity index (χ4n) is 8.61. The largest absolute Gasteiger partial charge is 0.457 e. The van der Waals surface area contributed by atoms with Crippen molar-refractivity contribution in [2.75, 3.05) is 4.90 Å². The molecule has 1 aromatic heterocycles. The molecule has 0 saturated carbocycles. The summed E-state index contributed by atoms with van der Waals surface area (Å²) < 4.78 is 12.7. The van der Waals surface area contributed by atoms with Gasteiger partial charge in [-0.25, -0.2) is 0 Å². The van der Waals surface area contributed by atoms with E-state index in [2.05, 4.69) is 212 Å². The molecule has 10 aromatic carbocycles. The molecular weight excluding hydrogens is 755 g/mol. The van der Waals surface area contributed by atoms with Crippen molar-refractivity contribution < 1.29 is 9.15 Å². The number of hydrogen-bond donors (Lipinski definition) is 0. The SMILES string of the molecule is Cc1ccccc1Oc1ccc2cc(-c3cccc(-c4ccc(N(c5ccc(-c6ccccc6)cc5)c5cccc(-c6cccc7c6oc6ccccc67)c5)cc4)c3)ccc2c1. The third-order valence-electron chi connectivity index (χ3n) is 11.8. The normalized spacial score (nSPS) is 11.3. The van der Waals surface area contributed by atoms with Crippen LogP contribution in [0.25, 0.3) is 77.2 Å². The summed E-state index contributed by atoms with van der Waals surface area (Å²) in [6.45, 7) is 2.07. The van der Waals surface area contributed by atoms with E-state index in [1.165, 1.54) is 27.6 Å². The van der Waals surface area contributed by atoms with Crippen molar-refractivity contribution in [1.29, 1.82) is 0 Å². The van der Waals surface area contributed by atoms with Crippen molar-refractivity contribution in [3.63, 3.8) is 0 Å². The highest BCUT2D eigenvalue weighted by atomic mass is 16.5. The molecule has 11 aromatic rings. The van der Waals surface area contributed by atoms with E-state index in [9.17, 15) is 0 Å². The van der Waals surface area contributed by atoms with E-state index in [-0.39, 0.29) is 0 Å². The summed E-state index contributed by atoms with van der Waals surface area (Å²) >= 11 is 0. The molecule has 3 heteroatoms. The molecule has 0 bridgehead atoms. The second kappa shape index (κ2) is 15.8. The van der Waals surface area contributed by atoms with Crippen LogP contribution in [0.4, 0.5) is 17.1 Å². The van der Waals surface area contributed by atoms with Crippen molar-refractivity contribution >= 4 is 49.8 Å². The third kappa shape index (κ3) is 7.06. The number of anilines is 3. The summed E-state index contributed by atoms with van der Waals surface area (Å²) in [7, 11) is 0. The zero-order valence-corrected chi connectivity index (χ0v) is 34.2. The maximum atomic E-state index is 6.48. The van der Waals surface area contributed by atoms with Gasteiger partial charge in [-0.2, -0.15) is 0 Å². The van der Waals surface area contributed by atoms with Gasteiger partial charge in [-0.15, -0.1) is 0 Å². The lowest BCUT2D eigenvalue weighted by Crippen LogP contribution is -2.10. The Balaban J connectivity index is 0.925. The van der Waals surface area contributed by atoms with Crippen LogP contribution in [0.15, 0.2) is 235 Å². The number of hydrogen-bond acceptors (Lipinski definition) is 3. The Kier molecular flexibility index (Phi) is 9.40. The maximum Gasteiger partial charge on any atom is 0.143 e. The molecule has 0 atom stereocenters.